The fourth-order valence-electron chi connectivity index (χ4n) is 1.35. The average molecular weight is 378 g/mol. The van der Waals surface area contributed by atoms with Crippen LogP contribution in [-0.4, -0.2) is 21.1 Å². The van der Waals surface area contributed by atoms with Gasteiger partial charge in [-0.15, -0.1) is 0 Å². The number of benzene rings is 1. The van der Waals surface area contributed by atoms with Crippen LogP contribution in [-0.2, 0) is 0 Å². The number of rotatable bonds is 4. The molecular weight excluding hydrogens is 367 g/mol. The zero-order valence-electron chi connectivity index (χ0n) is 10.7. The summed E-state index contributed by atoms with van der Waals surface area (Å²) < 4.78 is 6.17. The Labute approximate surface area is 134 Å². The highest BCUT2D eigenvalue weighted by Gasteiger charge is 2.08. The fraction of sp³-hybridized carbons (Fsp3) is 0.250. The number of hydrogen-bond acceptors (Lipinski definition) is 5. The van der Waals surface area contributed by atoms with Gasteiger partial charge in [0.1, 0.15) is 0 Å². The summed E-state index contributed by atoms with van der Waals surface area (Å²) in [4.78, 5) is 12.0. The second kappa shape index (κ2) is 6.56. The molecule has 0 aliphatic heterocycles. The highest BCUT2D eigenvalue weighted by atomic mass is 79.9. The molecule has 2 rings (SSSR count). The fourth-order valence-corrected chi connectivity index (χ4v) is 2.00. The van der Waals surface area contributed by atoms with Crippen molar-refractivity contribution in [3.8, 4) is 6.01 Å². The molecule has 0 unspecified atom stereocenters. The van der Waals surface area contributed by atoms with E-state index >= 15 is 0 Å². The number of aromatic nitrogens is 3. The maximum Gasteiger partial charge on any atom is 0.322 e. The van der Waals surface area contributed by atoms with Crippen molar-refractivity contribution in [2.75, 3.05) is 5.32 Å². The molecule has 0 aliphatic carbocycles. The van der Waals surface area contributed by atoms with Crippen LogP contribution in [0.5, 0.6) is 6.01 Å². The Balaban J connectivity index is 2.24. The van der Waals surface area contributed by atoms with E-state index in [1.54, 1.807) is 12.1 Å². The maximum absolute atomic E-state index is 5.93. The summed E-state index contributed by atoms with van der Waals surface area (Å²) in [6, 6.07) is 5.54. The van der Waals surface area contributed by atoms with Crippen molar-refractivity contribution >= 4 is 50.8 Å². The molecule has 0 spiro atoms. The summed E-state index contributed by atoms with van der Waals surface area (Å²) in [5, 5.41) is 3.69. The molecular formula is C12H11BrCl2N4O. The second-order valence-corrected chi connectivity index (χ2v) is 5.73. The number of nitrogens with zero attached hydrogens (tertiary/aromatic N) is 3. The van der Waals surface area contributed by atoms with E-state index < -0.39 is 0 Å². The molecule has 0 atom stereocenters. The van der Waals surface area contributed by atoms with E-state index in [0.717, 1.165) is 10.2 Å². The zero-order valence-corrected chi connectivity index (χ0v) is 13.8. The number of ether oxygens (including phenoxy) is 1. The van der Waals surface area contributed by atoms with Gasteiger partial charge in [-0.1, -0.05) is 11.6 Å². The molecule has 0 bridgehead atoms. The van der Waals surface area contributed by atoms with Crippen LogP contribution in [0, 0.1) is 0 Å². The lowest BCUT2D eigenvalue weighted by Crippen LogP contribution is -2.10. The topological polar surface area (TPSA) is 59.9 Å². The molecule has 0 amide bonds. The van der Waals surface area contributed by atoms with E-state index in [4.69, 9.17) is 27.9 Å². The number of halogens is 3. The van der Waals surface area contributed by atoms with Crippen molar-refractivity contribution < 1.29 is 4.74 Å². The highest BCUT2D eigenvalue weighted by Crippen LogP contribution is 2.27. The minimum atomic E-state index is -0.0500. The first-order valence-electron chi connectivity index (χ1n) is 5.74. The van der Waals surface area contributed by atoms with Crippen LogP contribution in [0.15, 0.2) is 22.7 Å². The smallest absolute Gasteiger partial charge is 0.322 e. The Kier molecular flexibility index (Phi) is 5.01. The predicted molar refractivity (Wildman–Crippen MR) is 83.0 cm³/mol. The van der Waals surface area contributed by atoms with Crippen molar-refractivity contribution in [2.24, 2.45) is 0 Å². The number of nitrogens with one attached hydrogen (secondary N) is 1. The van der Waals surface area contributed by atoms with E-state index in [2.05, 4.69) is 36.2 Å². The molecule has 20 heavy (non-hydrogen) atoms. The lowest BCUT2D eigenvalue weighted by atomic mass is 10.3. The van der Waals surface area contributed by atoms with Gasteiger partial charge in [0.05, 0.1) is 11.1 Å². The van der Waals surface area contributed by atoms with Gasteiger partial charge in [0.2, 0.25) is 11.2 Å². The minimum absolute atomic E-state index is 0.0500. The molecule has 1 aromatic carbocycles. The minimum Gasteiger partial charge on any atom is -0.461 e. The molecule has 1 aromatic heterocycles. The van der Waals surface area contributed by atoms with Gasteiger partial charge in [0.25, 0.3) is 0 Å². The monoisotopic (exact) mass is 376 g/mol. The van der Waals surface area contributed by atoms with Gasteiger partial charge in [0.15, 0.2) is 0 Å². The Hall–Kier alpha value is -1.11. The SMILES string of the molecule is CC(C)Oc1nc(Cl)nc(Nc2ccc(Cl)c(Br)c2)n1. The van der Waals surface area contributed by atoms with E-state index in [0.29, 0.717) is 11.0 Å². The van der Waals surface area contributed by atoms with E-state index in [9.17, 15) is 0 Å². The summed E-state index contributed by atoms with van der Waals surface area (Å²) >= 11 is 15.1. The van der Waals surface area contributed by atoms with Gasteiger partial charge in [-0.25, -0.2) is 0 Å². The van der Waals surface area contributed by atoms with Gasteiger partial charge in [-0.2, -0.15) is 15.0 Å². The summed E-state index contributed by atoms with van der Waals surface area (Å²) in [5.41, 5.74) is 0.763. The third-order valence-electron chi connectivity index (χ3n) is 2.10. The zero-order chi connectivity index (χ0) is 14.7. The Morgan fingerprint density at radius 2 is 1.95 bits per heavy atom. The van der Waals surface area contributed by atoms with Gasteiger partial charge in [-0.05, 0) is 59.6 Å². The number of hydrogen-bond donors (Lipinski definition) is 1. The van der Waals surface area contributed by atoms with Crippen LogP contribution in [0.1, 0.15) is 13.8 Å². The Bertz CT molecular complexity index is 624. The van der Waals surface area contributed by atoms with Gasteiger partial charge < -0.3 is 10.1 Å². The lowest BCUT2D eigenvalue weighted by Gasteiger charge is -2.10. The first-order chi connectivity index (χ1) is 9.44. The first-order valence-corrected chi connectivity index (χ1v) is 7.29. The van der Waals surface area contributed by atoms with Crippen LogP contribution in [0.2, 0.25) is 10.3 Å². The highest BCUT2D eigenvalue weighted by molar-refractivity contribution is 9.10. The molecule has 2 aromatic rings. The Morgan fingerprint density at radius 3 is 2.60 bits per heavy atom. The third-order valence-corrected chi connectivity index (χ3v) is 3.49. The molecule has 1 heterocycles. The third kappa shape index (κ3) is 4.19. The summed E-state index contributed by atoms with van der Waals surface area (Å²) in [6.07, 6.45) is -0.0500. The van der Waals surface area contributed by atoms with Crippen molar-refractivity contribution in [1.29, 1.82) is 0 Å². The molecule has 106 valence electrons. The normalized spacial score (nSPS) is 10.7. The largest absolute Gasteiger partial charge is 0.461 e. The standard InChI is InChI=1S/C12H11BrCl2N4O/c1-6(2)20-12-18-10(15)17-11(19-12)16-7-3-4-9(14)8(13)5-7/h3-6H,1-2H3,(H,16,17,18,19). The molecule has 8 heteroatoms. The molecule has 5 nitrogen and oxygen atoms in total. The van der Waals surface area contributed by atoms with Gasteiger partial charge in [-0.3, -0.25) is 0 Å². The maximum atomic E-state index is 5.93. The van der Waals surface area contributed by atoms with E-state index in [-0.39, 0.29) is 17.4 Å². The molecule has 1 N–H and O–H groups in total. The number of anilines is 2. The summed E-state index contributed by atoms with van der Waals surface area (Å²) in [7, 11) is 0. The van der Waals surface area contributed by atoms with Crippen molar-refractivity contribution in [3.63, 3.8) is 0 Å². The van der Waals surface area contributed by atoms with Crippen LogP contribution >= 0.6 is 39.1 Å². The van der Waals surface area contributed by atoms with Crippen molar-refractivity contribution in [2.45, 2.75) is 20.0 Å². The quantitative estimate of drug-likeness (QED) is 0.851. The first kappa shape index (κ1) is 15.3. The average Bonchev–Trinajstić information content (AvgIpc) is 2.32. The summed E-state index contributed by atoms with van der Waals surface area (Å²) in [6.45, 7) is 3.75. The summed E-state index contributed by atoms with van der Waals surface area (Å²) in [5.74, 6) is 0.301. The molecule has 0 fully saturated rings. The van der Waals surface area contributed by atoms with Crippen LogP contribution in [0.4, 0.5) is 11.6 Å². The molecule has 0 aliphatic rings. The van der Waals surface area contributed by atoms with Gasteiger partial charge >= 0.3 is 6.01 Å². The van der Waals surface area contributed by atoms with E-state index in [1.165, 1.54) is 0 Å². The van der Waals surface area contributed by atoms with Crippen molar-refractivity contribution in [1.82, 2.24) is 15.0 Å². The molecule has 0 saturated carbocycles. The van der Waals surface area contributed by atoms with E-state index in [1.807, 2.05) is 19.9 Å². The predicted octanol–water partition coefficient (Wildman–Crippen LogP) is 4.47. The van der Waals surface area contributed by atoms with Crippen LogP contribution in [0.3, 0.4) is 0 Å². The van der Waals surface area contributed by atoms with Crippen LogP contribution < -0.4 is 10.1 Å². The molecule has 0 radical (unpaired) electrons. The van der Waals surface area contributed by atoms with Gasteiger partial charge in [0, 0.05) is 10.2 Å². The second-order valence-electron chi connectivity index (χ2n) is 4.13. The van der Waals surface area contributed by atoms with Crippen molar-refractivity contribution in [3.05, 3.63) is 33.0 Å². The lowest BCUT2D eigenvalue weighted by molar-refractivity contribution is 0.222. The van der Waals surface area contributed by atoms with Crippen LogP contribution in [0.25, 0.3) is 0 Å². The Morgan fingerprint density at radius 1 is 1.20 bits per heavy atom. The molecule has 0 saturated heterocycles.